The molecule has 0 spiro atoms. The SMILES string of the molecule is CCS(=O)(=O)C1C(CO)C1c1ccc2c(c1)OCO2. The van der Waals surface area contributed by atoms with Gasteiger partial charge < -0.3 is 14.6 Å². The van der Waals surface area contributed by atoms with Gasteiger partial charge in [0.15, 0.2) is 21.3 Å². The van der Waals surface area contributed by atoms with E-state index in [0.29, 0.717) is 11.5 Å². The maximum atomic E-state index is 12.0. The third-order valence-corrected chi connectivity index (χ3v) is 6.18. The predicted molar refractivity (Wildman–Crippen MR) is 69.1 cm³/mol. The van der Waals surface area contributed by atoms with Gasteiger partial charge in [0.1, 0.15) is 0 Å². The highest BCUT2D eigenvalue weighted by Gasteiger charge is 2.57. The van der Waals surface area contributed by atoms with E-state index in [-0.39, 0.29) is 31.0 Å². The molecule has 0 saturated heterocycles. The van der Waals surface area contributed by atoms with Crippen molar-refractivity contribution >= 4 is 9.84 Å². The van der Waals surface area contributed by atoms with Gasteiger partial charge in [-0.2, -0.15) is 0 Å². The molecule has 1 aromatic carbocycles. The molecular weight excluding hydrogens is 268 g/mol. The van der Waals surface area contributed by atoms with Crippen LogP contribution in [0.4, 0.5) is 0 Å². The van der Waals surface area contributed by atoms with Crippen molar-refractivity contribution < 1.29 is 23.0 Å². The van der Waals surface area contributed by atoms with E-state index in [1.54, 1.807) is 13.0 Å². The molecule has 104 valence electrons. The highest BCUT2D eigenvalue weighted by Crippen LogP contribution is 2.53. The normalized spacial score (nSPS) is 28.4. The highest BCUT2D eigenvalue weighted by molar-refractivity contribution is 7.92. The van der Waals surface area contributed by atoms with E-state index >= 15 is 0 Å². The fourth-order valence-corrected chi connectivity index (χ4v) is 4.69. The fraction of sp³-hybridized carbons (Fsp3) is 0.538. The lowest BCUT2D eigenvalue weighted by Gasteiger charge is -2.02. The van der Waals surface area contributed by atoms with Gasteiger partial charge in [0.05, 0.1) is 5.25 Å². The van der Waals surface area contributed by atoms with Crippen LogP contribution in [0.2, 0.25) is 0 Å². The van der Waals surface area contributed by atoms with Crippen LogP contribution in [0.5, 0.6) is 11.5 Å². The van der Waals surface area contributed by atoms with Gasteiger partial charge in [0.2, 0.25) is 6.79 Å². The Labute approximate surface area is 112 Å². The van der Waals surface area contributed by atoms with Crippen LogP contribution in [0.15, 0.2) is 18.2 Å². The first kappa shape index (κ1) is 12.7. The summed E-state index contributed by atoms with van der Waals surface area (Å²) in [4.78, 5) is 0. The highest BCUT2D eigenvalue weighted by atomic mass is 32.2. The molecule has 1 fully saturated rings. The van der Waals surface area contributed by atoms with Crippen LogP contribution in [0.25, 0.3) is 0 Å². The molecule has 0 bridgehead atoms. The summed E-state index contributed by atoms with van der Waals surface area (Å²) in [7, 11) is -3.13. The Morgan fingerprint density at radius 3 is 2.74 bits per heavy atom. The van der Waals surface area contributed by atoms with E-state index in [9.17, 15) is 13.5 Å². The second kappa shape index (κ2) is 4.38. The summed E-state index contributed by atoms with van der Waals surface area (Å²) in [6.45, 7) is 1.73. The molecule has 1 aliphatic heterocycles. The Morgan fingerprint density at radius 1 is 1.32 bits per heavy atom. The number of hydrogen-bond acceptors (Lipinski definition) is 5. The molecule has 19 heavy (non-hydrogen) atoms. The van der Waals surface area contributed by atoms with E-state index < -0.39 is 15.1 Å². The summed E-state index contributed by atoms with van der Waals surface area (Å²) in [5.74, 6) is 1.10. The second-order valence-corrected chi connectivity index (χ2v) is 7.35. The van der Waals surface area contributed by atoms with Crippen molar-refractivity contribution in [3.8, 4) is 11.5 Å². The zero-order chi connectivity index (χ0) is 13.6. The van der Waals surface area contributed by atoms with Crippen LogP contribution >= 0.6 is 0 Å². The van der Waals surface area contributed by atoms with Crippen LogP contribution in [0.1, 0.15) is 18.4 Å². The topological polar surface area (TPSA) is 72.8 Å². The molecule has 5 nitrogen and oxygen atoms in total. The van der Waals surface area contributed by atoms with E-state index in [1.807, 2.05) is 12.1 Å². The molecule has 1 saturated carbocycles. The molecule has 0 amide bonds. The van der Waals surface area contributed by atoms with Crippen LogP contribution in [0.3, 0.4) is 0 Å². The molecule has 0 radical (unpaired) electrons. The van der Waals surface area contributed by atoms with Gasteiger partial charge in [-0.3, -0.25) is 0 Å². The number of aliphatic hydroxyl groups excluding tert-OH is 1. The van der Waals surface area contributed by atoms with Crippen molar-refractivity contribution in [3.63, 3.8) is 0 Å². The number of hydrogen-bond donors (Lipinski definition) is 1. The maximum Gasteiger partial charge on any atom is 0.231 e. The van der Waals surface area contributed by atoms with Crippen molar-refractivity contribution in [1.29, 1.82) is 0 Å². The first-order valence-electron chi connectivity index (χ1n) is 6.30. The molecular formula is C13H16O5S. The lowest BCUT2D eigenvalue weighted by atomic mass is 10.1. The zero-order valence-electron chi connectivity index (χ0n) is 10.6. The Kier molecular flexibility index (Phi) is 2.94. The molecule has 0 aromatic heterocycles. The largest absolute Gasteiger partial charge is 0.454 e. The van der Waals surface area contributed by atoms with Gasteiger partial charge in [-0.15, -0.1) is 0 Å². The minimum Gasteiger partial charge on any atom is -0.454 e. The fourth-order valence-electron chi connectivity index (χ4n) is 2.80. The third-order valence-electron chi connectivity index (χ3n) is 3.91. The van der Waals surface area contributed by atoms with Crippen LogP contribution in [-0.4, -0.2) is 37.9 Å². The van der Waals surface area contributed by atoms with Crippen molar-refractivity contribution in [2.45, 2.75) is 18.1 Å². The summed E-state index contributed by atoms with van der Waals surface area (Å²) >= 11 is 0. The van der Waals surface area contributed by atoms with Crippen molar-refractivity contribution in [1.82, 2.24) is 0 Å². The van der Waals surface area contributed by atoms with Gasteiger partial charge in [-0.1, -0.05) is 13.0 Å². The first-order chi connectivity index (χ1) is 9.08. The number of ether oxygens (including phenoxy) is 2. The second-order valence-electron chi connectivity index (χ2n) is 4.90. The molecule has 1 N–H and O–H groups in total. The Hall–Kier alpha value is -1.27. The molecule has 3 rings (SSSR count). The smallest absolute Gasteiger partial charge is 0.231 e. The van der Waals surface area contributed by atoms with Gasteiger partial charge >= 0.3 is 0 Å². The molecule has 1 aliphatic carbocycles. The average molecular weight is 284 g/mol. The predicted octanol–water partition coefficient (Wildman–Crippen LogP) is 0.924. The number of rotatable bonds is 4. The molecule has 6 heteroatoms. The Morgan fingerprint density at radius 2 is 2.05 bits per heavy atom. The van der Waals surface area contributed by atoms with Crippen molar-refractivity contribution in [2.75, 3.05) is 19.2 Å². The minimum atomic E-state index is -3.13. The molecule has 3 atom stereocenters. The van der Waals surface area contributed by atoms with Crippen LogP contribution < -0.4 is 9.47 Å². The van der Waals surface area contributed by atoms with E-state index in [4.69, 9.17) is 9.47 Å². The Balaban J connectivity index is 1.91. The molecule has 1 aromatic rings. The quantitative estimate of drug-likeness (QED) is 0.890. The first-order valence-corrected chi connectivity index (χ1v) is 8.02. The number of fused-ring (bicyclic) bond motifs is 1. The van der Waals surface area contributed by atoms with E-state index in [1.165, 1.54) is 0 Å². The molecule has 1 heterocycles. The van der Waals surface area contributed by atoms with Gasteiger partial charge in [-0.25, -0.2) is 8.42 Å². The summed E-state index contributed by atoms with van der Waals surface area (Å²) in [6.07, 6.45) is 0. The van der Waals surface area contributed by atoms with Crippen LogP contribution in [-0.2, 0) is 9.84 Å². The summed E-state index contributed by atoms with van der Waals surface area (Å²) in [5.41, 5.74) is 0.894. The average Bonchev–Trinajstić information content (AvgIpc) is 2.99. The van der Waals surface area contributed by atoms with E-state index in [2.05, 4.69) is 0 Å². The van der Waals surface area contributed by atoms with Gasteiger partial charge in [0.25, 0.3) is 0 Å². The number of benzene rings is 1. The monoisotopic (exact) mass is 284 g/mol. The van der Waals surface area contributed by atoms with Crippen LogP contribution in [0, 0.1) is 5.92 Å². The number of aliphatic hydroxyl groups is 1. The summed E-state index contributed by atoms with van der Waals surface area (Å²) < 4.78 is 34.5. The summed E-state index contributed by atoms with van der Waals surface area (Å²) in [5, 5.41) is 8.87. The lowest BCUT2D eigenvalue weighted by molar-refractivity contribution is 0.174. The lowest BCUT2D eigenvalue weighted by Crippen LogP contribution is -2.13. The van der Waals surface area contributed by atoms with Gasteiger partial charge in [0, 0.05) is 24.2 Å². The maximum absolute atomic E-state index is 12.0. The van der Waals surface area contributed by atoms with Gasteiger partial charge in [-0.05, 0) is 17.7 Å². The zero-order valence-corrected chi connectivity index (χ0v) is 11.4. The molecule has 2 aliphatic rings. The number of sulfone groups is 1. The summed E-state index contributed by atoms with van der Waals surface area (Å²) in [6, 6.07) is 5.47. The standard InChI is InChI=1S/C13H16O5S/c1-2-19(15,16)13-9(6-14)12(13)8-3-4-10-11(5-8)18-7-17-10/h3-5,9,12-14H,2,6-7H2,1H3. The van der Waals surface area contributed by atoms with Crippen molar-refractivity contribution in [2.24, 2.45) is 5.92 Å². The molecule has 3 unspecified atom stereocenters. The third kappa shape index (κ3) is 1.99. The Bertz CT molecular complexity index is 595. The minimum absolute atomic E-state index is 0.106. The van der Waals surface area contributed by atoms with Crippen molar-refractivity contribution in [3.05, 3.63) is 23.8 Å². The van der Waals surface area contributed by atoms with E-state index in [0.717, 1.165) is 5.56 Å².